The molecule has 0 spiro atoms. The van der Waals surface area contributed by atoms with Crippen LogP contribution in [-0.2, 0) is 0 Å². The van der Waals surface area contributed by atoms with Crippen LogP contribution >= 0.6 is 11.6 Å². The molecule has 1 atom stereocenters. The number of benzene rings is 2. The summed E-state index contributed by atoms with van der Waals surface area (Å²) in [5, 5.41) is 0.694. The van der Waals surface area contributed by atoms with Crippen LogP contribution in [0, 0.1) is 0 Å². The summed E-state index contributed by atoms with van der Waals surface area (Å²) in [5.74, 6) is 1.34. The summed E-state index contributed by atoms with van der Waals surface area (Å²) in [4.78, 5) is 0. The minimum Gasteiger partial charge on any atom is -0.484 e. The molecule has 0 radical (unpaired) electrons. The molecular weight excluding hydrogens is 270 g/mol. The van der Waals surface area contributed by atoms with Crippen LogP contribution in [0.2, 0.25) is 5.02 Å². The molecule has 0 bridgehead atoms. The van der Waals surface area contributed by atoms with Crippen LogP contribution < -0.4 is 10.5 Å². The first-order valence-electron chi connectivity index (χ1n) is 6.82. The third kappa shape index (κ3) is 3.75. The molecule has 20 heavy (non-hydrogen) atoms. The van der Waals surface area contributed by atoms with Crippen molar-refractivity contribution in [2.24, 2.45) is 5.73 Å². The zero-order chi connectivity index (χ0) is 14.5. The van der Waals surface area contributed by atoms with E-state index in [1.54, 1.807) is 0 Å². The minimum atomic E-state index is -0.182. The third-order valence-electron chi connectivity index (χ3n) is 3.26. The molecule has 1 unspecified atom stereocenters. The highest BCUT2D eigenvalue weighted by Crippen LogP contribution is 2.25. The quantitative estimate of drug-likeness (QED) is 0.877. The summed E-state index contributed by atoms with van der Waals surface area (Å²) in [6, 6.07) is 15.8. The number of hydrogen-bond donors (Lipinski definition) is 1. The molecule has 2 nitrogen and oxygen atoms in total. The van der Waals surface area contributed by atoms with Crippen LogP contribution in [0.1, 0.15) is 37.0 Å². The van der Waals surface area contributed by atoms with Gasteiger partial charge in [-0.2, -0.15) is 0 Å². The molecule has 0 aliphatic rings. The molecular formula is C17H20ClNO. The van der Waals surface area contributed by atoms with Gasteiger partial charge in [0.15, 0.2) is 0 Å². The molecule has 2 rings (SSSR count). The van der Waals surface area contributed by atoms with E-state index in [0.29, 0.717) is 17.5 Å². The van der Waals surface area contributed by atoms with E-state index in [0.717, 1.165) is 11.3 Å². The average Bonchev–Trinajstić information content (AvgIpc) is 2.45. The summed E-state index contributed by atoms with van der Waals surface area (Å²) in [6.07, 6.45) is -0.182. The van der Waals surface area contributed by atoms with E-state index in [1.165, 1.54) is 5.56 Å². The standard InChI is InChI=1S/C17H20ClNO/c1-12(2)13-6-8-16(9-7-13)20-17(11-19)14-4-3-5-15(18)10-14/h3-10,12,17H,11,19H2,1-2H3. The molecule has 0 saturated heterocycles. The fraction of sp³-hybridized carbons (Fsp3) is 0.294. The molecule has 0 amide bonds. The van der Waals surface area contributed by atoms with E-state index in [9.17, 15) is 0 Å². The first kappa shape index (κ1) is 14.9. The van der Waals surface area contributed by atoms with Gasteiger partial charge in [-0.3, -0.25) is 0 Å². The normalized spacial score (nSPS) is 12.4. The maximum Gasteiger partial charge on any atom is 0.136 e. The Morgan fingerprint density at radius 1 is 1.05 bits per heavy atom. The van der Waals surface area contributed by atoms with E-state index in [2.05, 4.69) is 26.0 Å². The second kappa shape index (κ2) is 6.78. The smallest absolute Gasteiger partial charge is 0.136 e. The van der Waals surface area contributed by atoms with Crippen LogP contribution in [0.4, 0.5) is 0 Å². The van der Waals surface area contributed by atoms with Crippen molar-refractivity contribution in [2.45, 2.75) is 25.9 Å². The largest absolute Gasteiger partial charge is 0.484 e. The summed E-state index contributed by atoms with van der Waals surface area (Å²) in [6.45, 7) is 4.75. The molecule has 2 aromatic carbocycles. The lowest BCUT2D eigenvalue weighted by Gasteiger charge is -2.18. The first-order valence-corrected chi connectivity index (χ1v) is 7.20. The van der Waals surface area contributed by atoms with Gasteiger partial charge in [-0.1, -0.05) is 49.7 Å². The highest BCUT2D eigenvalue weighted by Gasteiger charge is 2.12. The Kier molecular flexibility index (Phi) is 5.05. The van der Waals surface area contributed by atoms with Gasteiger partial charge in [0.25, 0.3) is 0 Å². The van der Waals surface area contributed by atoms with Crippen molar-refractivity contribution in [1.29, 1.82) is 0 Å². The molecule has 3 heteroatoms. The molecule has 0 aliphatic heterocycles. The predicted octanol–water partition coefficient (Wildman–Crippen LogP) is 4.54. The van der Waals surface area contributed by atoms with Crippen LogP contribution in [0.25, 0.3) is 0 Å². The van der Waals surface area contributed by atoms with Gasteiger partial charge in [0.1, 0.15) is 11.9 Å². The number of rotatable bonds is 5. The molecule has 0 heterocycles. The van der Waals surface area contributed by atoms with Crippen molar-refractivity contribution in [1.82, 2.24) is 0 Å². The molecule has 2 aromatic rings. The van der Waals surface area contributed by atoms with E-state index in [4.69, 9.17) is 22.1 Å². The fourth-order valence-electron chi connectivity index (χ4n) is 2.05. The van der Waals surface area contributed by atoms with Crippen LogP contribution in [0.5, 0.6) is 5.75 Å². The Morgan fingerprint density at radius 2 is 1.75 bits per heavy atom. The number of nitrogens with two attached hydrogens (primary N) is 1. The van der Waals surface area contributed by atoms with Crippen molar-refractivity contribution in [3.63, 3.8) is 0 Å². The van der Waals surface area contributed by atoms with Crippen molar-refractivity contribution in [3.05, 3.63) is 64.7 Å². The van der Waals surface area contributed by atoms with E-state index < -0.39 is 0 Å². The minimum absolute atomic E-state index is 0.182. The zero-order valence-corrected chi connectivity index (χ0v) is 12.6. The monoisotopic (exact) mass is 289 g/mol. The Hall–Kier alpha value is -1.51. The van der Waals surface area contributed by atoms with Gasteiger partial charge in [-0.05, 0) is 41.3 Å². The Balaban J connectivity index is 2.14. The summed E-state index contributed by atoms with van der Waals surface area (Å²) >= 11 is 6.01. The van der Waals surface area contributed by atoms with Crippen molar-refractivity contribution in [3.8, 4) is 5.75 Å². The number of halogens is 1. The average molecular weight is 290 g/mol. The first-order chi connectivity index (χ1) is 9.60. The van der Waals surface area contributed by atoms with Crippen molar-refractivity contribution >= 4 is 11.6 Å². The summed E-state index contributed by atoms with van der Waals surface area (Å²) < 4.78 is 5.96. The number of ether oxygens (including phenoxy) is 1. The SMILES string of the molecule is CC(C)c1ccc(OC(CN)c2cccc(Cl)c2)cc1. The highest BCUT2D eigenvalue weighted by molar-refractivity contribution is 6.30. The lowest BCUT2D eigenvalue weighted by molar-refractivity contribution is 0.214. The van der Waals surface area contributed by atoms with Gasteiger partial charge >= 0.3 is 0 Å². The van der Waals surface area contributed by atoms with E-state index in [-0.39, 0.29) is 6.10 Å². The highest BCUT2D eigenvalue weighted by atomic mass is 35.5. The fourth-order valence-corrected chi connectivity index (χ4v) is 2.25. The van der Waals surface area contributed by atoms with E-state index in [1.807, 2.05) is 36.4 Å². The molecule has 0 aliphatic carbocycles. The van der Waals surface area contributed by atoms with Gasteiger partial charge < -0.3 is 10.5 Å². The van der Waals surface area contributed by atoms with Gasteiger partial charge in [0.05, 0.1) is 0 Å². The number of hydrogen-bond acceptors (Lipinski definition) is 2. The predicted molar refractivity (Wildman–Crippen MR) is 84.4 cm³/mol. The second-order valence-corrected chi connectivity index (χ2v) is 5.56. The molecule has 0 fully saturated rings. The third-order valence-corrected chi connectivity index (χ3v) is 3.49. The van der Waals surface area contributed by atoms with Gasteiger partial charge in [0, 0.05) is 11.6 Å². The molecule has 0 saturated carbocycles. The van der Waals surface area contributed by atoms with E-state index >= 15 is 0 Å². The molecule has 2 N–H and O–H groups in total. The van der Waals surface area contributed by atoms with Crippen LogP contribution in [-0.4, -0.2) is 6.54 Å². The van der Waals surface area contributed by atoms with Crippen LogP contribution in [0.3, 0.4) is 0 Å². The lowest BCUT2D eigenvalue weighted by Crippen LogP contribution is -2.18. The second-order valence-electron chi connectivity index (χ2n) is 5.12. The maximum atomic E-state index is 6.01. The molecule has 106 valence electrons. The van der Waals surface area contributed by atoms with Gasteiger partial charge in [-0.25, -0.2) is 0 Å². The summed E-state index contributed by atoms with van der Waals surface area (Å²) in [5.41, 5.74) is 8.10. The van der Waals surface area contributed by atoms with Crippen molar-refractivity contribution < 1.29 is 4.74 Å². The Bertz CT molecular complexity index is 551. The van der Waals surface area contributed by atoms with Gasteiger partial charge in [-0.15, -0.1) is 0 Å². The topological polar surface area (TPSA) is 35.2 Å². The maximum absolute atomic E-state index is 6.01. The van der Waals surface area contributed by atoms with Crippen LogP contribution in [0.15, 0.2) is 48.5 Å². The molecule has 0 aromatic heterocycles. The Labute approximate surface area is 125 Å². The zero-order valence-electron chi connectivity index (χ0n) is 11.8. The Morgan fingerprint density at radius 3 is 2.30 bits per heavy atom. The van der Waals surface area contributed by atoms with Crippen molar-refractivity contribution in [2.75, 3.05) is 6.54 Å². The van der Waals surface area contributed by atoms with Gasteiger partial charge in [0.2, 0.25) is 0 Å². The lowest BCUT2D eigenvalue weighted by atomic mass is 10.0. The summed E-state index contributed by atoms with van der Waals surface area (Å²) in [7, 11) is 0.